The largest absolute Gasteiger partial charge is 0.330 e. The molecule has 2 nitrogen and oxygen atoms in total. The van der Waals surface area contributed by atoms with Crippen LogP contribution >= 0.6 is 15.9 Å². The molecule has 0 bridgehead atoms. The number of rotatable bonds is 4. The third-order valence-corrected chi connectivity index (χ3v) is 2.81. The first-order chi connectivity index (χ1) is 6.69. The Bertz CT molecular complexity index is 304. The van der Waals surface area contributed by atoms with Crippen LogP contribution in [-0.2, 0) is 0 Å². The SMILES string of the molecule is CCC(CN)C(=O)c1ccc(Br)cc1. The zero-order valence-electron chi connectivity index (χ0n) is 8.16. The Morgan fingerprint density at radius 2 is 2.00 bits per heavy atom. The van der Waals surface area contributed by atoms with Gasteiger partial charge in [-0.05, 0) is 18.6 Å². The summed E-state index contributed by atoms with van der Waals surface area (Å²) < 4.78 is 0.981. The Kier molecular flexibility index (Phi) is 4.29. The van der Waals surface area contributed by atoms with E-state index in [1.54, 1.807) is 0 Å². The first kappa shape index (κ1) is 11.4. The molecule has 0 amide bonds. The number of carbonyl (C=O) groups excluding carboxylic acids is 1. The lowest BCUT2D eigenvalue weighted by Gasteiger charge is -2.10. The van der Waals surface area contributed by atoms with Crippen LogP contribution in [0.15, 0.2) is 28.7 Å². The molecule has 1 unspecified atom stereocenters. The van der Waals surface area contributed by atoms with E-state index in [1.807, 2.05) is 31.2 Å². The van der Waals surface area contributed by atoms with Crippen molar-refractivity contribution in [2.45, 2.75) is 13.3 Å². The van der Waals surface area contributed by atoms with Crippen LogP contribution in [0, 0.1) is 5.92 Å². The molecule has 76 valence electrons. The summed E-state index contributed by atoms with van der Waals surface area (Å²) in [4.78, 5) is 11.8. The molecule has 0 heterocycles. The Hall–Kier alpha value is -0.670. The lowest BCUT2D eigenvalue weighted by molar-refractivity contribution is 0.0921. The highest BCUT2D eigenvalue weighted by molar-refractivity contribution is 9.10. The van der Waals surface area contributed by atoms with Gasteiger partial charge in [-0.25, -0.2) is 0 Å². The average Bonchev–Trinajstić information content (AvgIpc) is 2.20. The lowest BCUT2D eigenvalue weighted by atomic mass is 9.95. The van der Waals surface area contributed by atoms with Crippen molar-refractivity contribution in [2.75, 3.05) is 6.54 Å². The fraction of sp³-hybridized carbons (Fsp3) is 0.364. The van der Waals surface area contributed by atoms with Crippen molar-refractivity contribution in [3.05, 3.63) is 34.3 Å². The smallest absolute Gasteiger partial charge is 0.167 e. The number of hydrogen-bond acceptors (Lipinski definition) is 2. The van der Waals surface area contributed by atoms with Crippen molar-refractivity contribution in [1.29, 1.82) is 0 Å². The van der Waals surface area contributed by atoms with Gasteiger partial charge in [0.1, 0.15) is 0 Å². The predicted octanol–water partition coefficient (Wildman–Crippen LogP) is 2.62. The summed E-state index contributed by atoms with van der Waals surface area (Å²) in [5.74, 6) is 0.0960. The van der Waals surface area contributed by atoms with Crippen LogP contribution in [0.25, 0.3) is 0 Å². The molecule has 3 heteroatoms. The standard InChI is InChI=1S/C11H14BrNO/c1-2-8(7-13)11(14)9-3-5-10(12)6-4-9/h3-6,8H,2,7,13H2,1H3. The molecule has 2 N–H and O–H groups in total. The first-order valence-corrected chi connectivity index (χ1v) is 5.48. The summed E-state index contributed by atoms with van der Waals surface area (Å²) in [5.41, 5.74) is 6.26. The zero-order valence-corrected chi connectivity index (χ0v) is 9.75. The molecule has 1 rings (SSSR count). The molecular formula is C11H14BrNO. The van der Waals surface area contributed by atoms with Crippen molar-refractivity contribution in [3.8, 4) is 0 Å². The summed E-state index contributed by atoms with van der Waals surface area (Å²) in [6.45, 7) is 2.40. The zero-order chi connectivity index (χ0) is 10.6. The number of ketones is 1. The molecule has 1 atom stereocenters. The second kappa shape index (κ2) is 5.27. The topological polar surface area (TPSA) is 43.1 Å². The molecule has 1 aromatic rings. The van der Waals surface area contributed by atoms with Gasteiger partial charge in [0.05, 0.1) is 0 Å². The molecular weight excluding hydrogens is 242 g/mol. The van der Waals surface area contributed by atoms with Gasteiger partial charge in [-0.15, -0.1) is 0 Å². The fourth-order valence-corrected chi connectivity index (χ4v) is 1.57. The quantitative estimate of drug-likeness (QED) is 0.841. The van der Waals surface area contributed by atoms with Gasteiger partial charge in [-0.1, -0.05) is 35.0 Å². The van der Waals surface area contributed by atoms with Gasteiger partial charge in [-0.3, -0.25) is 4.79 Å². The van der Waals surface area contributed by atoms with Gasteiger partial charge >= 0.3 is 0 Å². The normalized spacial score (nSPS) is 12.5. The van der Waals surface area contributed by atoms with Crippen molar-refractivity contribution in [2.24, 2.45) is 11.7 Å². The highest BCUT2D eigenvalue weighted by Crippen LogP contribution is 2.15. The van der Waals surface area contributed by atoms with Gasteiger partial charge in [0.2, 0.25) is 0 Å². The van der Waals surface area contributed by atoms with Crippen LogP contribution in [0.2, 0.25) is 0 Å². The molecule has 1 aromatic carbocycles. The van der Waals surface area contributed by atoms with Crippen molar-refractivity contribution < 1.29 is 4.79 Å². The lowest BCUT2D eigenvalue weighted by Crippen LogP contribution is -2.22. The summed E-state index contributed by atoms with van der Waals surface area (Å²) in [7, 11) is 0. The van der Waals surface area contributed by atoms with E-state index >= 15 is 0 Å². The van der Waals surface area contributed by atoms with E-state index in [2.05, 4.69) is 15.9 Å². The van der Waals surface area contributed by atoms with Crippen LogP contribution in [0.3, 0.4) is 0 Å². The van der Waals surface area contributed by atoms with Crippen LogP contribution in [0.4, 0.5) is 0 Å². The van der Waals surface area contributed by atoms with E-state index in [-0.39, 0.29) is 11.7 Å². The molecule has 0 aliphatic heterocycles. The molecule has 0 aliphatic rings. The molecule has 0 fully saturated rings. The highest BCUT2D eigenvalue weighted by atomic mass is 79.9. The number of nitrogens with two attached hydrogens (primary N) is 1. The summed E-state index contributed by atoms with van der Waals surface area (Å²) in [6, 6.07) is 7.39. The molecule has 0 aromatic heterocycles. The second-order valence-corrected chi connectivity index (χ2v) is 4.13. The Morgan fingerprint density at radius 3 is 2.43 bits per heavy atom. The molecule has 0 spiro atoms. The van der Waals surface area contributed by atoms with E-state index in [1.165, 1.54) is 0 Å². The summed E-state index contributed by atoms with van der Waals surface area (Å²) >= 11 is 3.33. The maximum atomic E-state index is 11.8. The van der Waals surface area contributed by atoms with Crippen LogP contribution < -0.4 is 5.73 Å². The van der Waals surface area contributed by atoms with Crippen molar-refractivity contribution in [1.82, 2.24) is 0 Å². The number of Topliss-reactive ketones (excluding diaryl/α,β-unsaturated/α-hetero) is 1. The van der Waals surface area contributed by atoms with Gasteiger partial charge in [0.15, 0.2) is 5.78 Å². The number of carbonyl (C=O) groups is 1. The maximum absolute atomic E-state index is 11.8. The molecule has 0 saturated heterocycles. The van der Waals surface area contributed by atoms with E-state index in [4.69, 9.17) is 5.73 Å². The monoisotopic (exact) mass is 255 g/mol. The van der Waals surface area contributed by atoms with E-state index < -0.39 is 0 Å². The van der Waals surface area contributed by atoms with E-state index in [0.717, 1.165) is 16.5 Å². The molecule has 0 saturated carbocycles. The summed E-state index contributed by atoms with van der Waals surface area (Å²) in [6.07, 6.45) is 0.797. The Labute approximate surface area is 92.6 Å². The Morgan fingerprint density at radius 1 is 1.43 bits per heavy atom. The van der Waals surface area contributed by atoms with Crippen LogP contribution in [-0.4, -0.2) is 12.3 Å². The van der Waals surface area contributed by atoms with Crippen molar-refractivity contribution in [3.63, 3.8) is 0 Å². The third kappa shape index (κ3) is 2.66. The average molecular weight is 256 g/mol. The maximum Gasteiger partial charge on any atom is 0.167 e. The summed E-state index contributed by atoms with van der Waals surface area (Å²) in [5, 5.41) is 0. The fourth-order valence-electron chi connectivity index (χ4n) is 1.31. The molecule has 0 aliphatic carbocycles. The van der Waals surface area contributed by atoms with Gasteiger partial charge in [-0.2, -0.15) is 0 Å². The minimum Gasteiger partial charge on any atom is -0.330 e. The van der Waals surface area contributed by atoms with Gasteiger partial charge in [0, 0.05) is 22.5 Å². The number of benzene rings is 1. The van der Waals surface area contributed by atoms with E-state index in [0.29, 0.717) is 6.54 Å². The Balaban J connectivity index is 2.83. The van der Waals surface area contributed by atoms with Gasteiger partial charge < -0.3 is 5.73 Å². The molecule has 14 heavy (non-hydrogen) atoms. The first-order valence-electron chi connectivity index (χ1n) is 4.69. The minimum atomic E-state index is -0.0452. The third-order valence-electron chi connectivity index (χ3n) is 2.28. The van der Waals surface area contributed by atoms with Gasteiger partial charge in [0.25, 0.3) is 0 Å². The number of hydrogen-bond donors (Lipinski definition) is 1. The van der Waals surface area contributed by atoms with E-state index in [9.17, 15) is 4.79 Å². The van der Waals surface area contributed by atoms with Crippen molar-refractivity contribution >= 4 is 21.7 Å². The van der Waals surface area contributed by atoms with Crippen LogP contribution in [0.5, 0.6) is 0 Å². The molecule has 0 radical (unpaired) electrons. The highest BCUT2D eigenvalue weighted by Gasteiger charge is 2.15. The minimum absolute atomic E-state index is 0.0452. The number of halogens is 1. The second-order valence-electron chi connectivity index (χ2n) is 3.21. The predicted molar refractivity (Wildman–Crippen MR) is 61.3 cm³/mol. The van der Waals surface area contributed by atoms with Crippen LogP contribution in [0.1, 0.15) is 23.7 Å².